The summed E-state index contributed by atoms with van der Waals surface area (Å²) in [6, 6.07) is 2.02. The summed E-state index contributed by atoms with van der Waals surface area (Å²) >= 11 is 3.22. The molecule has 0 spiro atoms. The number of rotatable bonds is 7. The van der Waals surface area contributed by atoms with E-state index in [0.717, 1.165) is 12.8 Å². The maximum atomic E-state index is 12.0. The normalized spacial score (nSPS) is 13.0. The van der Waals surface area contributed by atoms with Crippen molar-refractivity contribution >= 4 is 21.8 Å². The first kappa shape index (κ1) is 16.2. The van der Waals surface area contributed by atoms with Crippen molar-refractivity contribution in [1.82, 2.24) is 10.2 Å². The summed E-state index contributed by atoms with van der Waals surface area (Å²) in [5.74, 6) is 0.488. The smallest absolute Gasteiger partial charge is 0.255 e. The molecule has 0 saturated heterocycles. The van der Waals surface area contributed by atoms with E-state index in [4.69, 9.17) is 4.42 Å². The van der Waals surface area contributed by atoms with Crippen molar-refractivity contribution in [3.05, 3.63) is 22.6 Å². The first-order valence-corrected chi connectivity index (χ1v) is 7.48. The highest BCUT2D eigenvalue weighted by Gasteiger charge is 2.22. The average Bonchev–Trinajstić information content (AvgIpc) is 2.80. The number of furan rings is 1. The molecule has 5 heteroatoms. The van der Waals surface area contributed by atoms with Gasteiger partial charge in [0, 0.05) is 12.6 Å². The van der Waals surface area contributed by atoms with Crippen LogP contribution in [0.4, 0.5) is 0 Å². The fourth-order valence-corrected chi connectivity index (χ4v) is 2.77. The molecule has 1 atom stereocenters. The second-order valence-electron chi connectivity index (χ2n) is 4.93. The molecule has 1 rings (SSSR count). The Labute approximate surface area is 123 Å². The van der Waals surface area contributed by atoms with Gasteiger partial charge in [-0.1, -0.05) is 26.7 Å². The molecule has 0 aromatic carbocycles. The van der Waals surface area contributed by atoms with Crippen molar-refractivity contribution in [2.75, 3.05) is 20.6 Å². The molecule has 1 N–H and O–H groups in total. The van der Waals surface area contributed by atoms with Crippen LogP contribution in [0.1, 0.15) is 37.0 Å². The second-order valence-corrected chi connectivity index (χ2v) is 5.65. The Kier molecular flexibility index (Phi) is 6.58. The summed E-state index contributed by atoms with van der Waals surface area (Å²) in [6.45, 7) is 5.04. The molecule has 0 saturated carbocycles. The fourth-order valence-electron chi connectivity index (χ4n) is 2.35. The molecular weight excluding hydrogens is 308 g/mol. The van der Waals surface area contributed by atoms with Gasteiger partial charge < -0.3 is 14.6 Å². The third-order valence-electron chi connectivity index (χ3n) is 3.59. The first-order valence-electron chi connectivity index (χ1n) is 6.68. The predicted octanol–water partition coefficient (Wildman–Crippen LogP) is 3.14. The lowest BCUT2D eigenvalue weighted by molar-refractivity contribution is 0.0927. The Hall–Kier alpha value is -0.810. The number of hydrogen-bond donors (Lipinski definition) is 1. The van der Waals surface area contributed by atoms with Crippen LogP contribution in [0.3, 0.4) is 0 Å². The predicted molar refractivity (Wildman–Crippen MR) is 80.3 cm³/mol. The van der Waals surface area contributed by atoms with E-state index in [1.807, 2.05) is 0 Å². The van der Waals surface area contributed by atoms with Crippen molar-refractivity contribution in [3.8, 4) is 0 Å². The molecule has 1 unspecified atom stereocenters. The zero-order valence-electron chi connectivity index (χ0n) is 12.1. The minimum atomic E-state index is -0.0987. The number of carbonyl (C=O) groups is 1. The van der Waals surface area contributed by atoms with Crippen LogP contribution in [-0.2, 0) is 0 Å². The highest BCUT2D eigenvalue weighted by atomic mass is 79.9. The van der Waals surface area contributed by atoms with E-state index in [1.54, 1.807) is 6.07 Å². The van der Waals surface area contributed by atoms with Crippen LogP contribution in [0.25, 0.3) is 0 Å². The van der Waals surface area contributed by atoms with Gasteiger partial charge in [-0.25, -0.2) is 0 Å². The number of amides is 1. The van der Waals surface area contributed by atoms with E-state index in [9.17, 15) is 4.79 Å². The minimum Gasteiger partial charge on any atom is -0.457 e. The van der Waals surface area contributed by atoms with Gasteiger partial charge in [0.1, 0.15) is 0 Å². The van der Waals surface area contributed by atoms with Crippen LogP contribution in [0, 0.1) is 5.92 Å². The van der Waals surface area contributed by atoms with Crippen molar-refractivity contribution in [2.45, 2.75) is 32.7 Å². The van der Waals surface area contributed by atoms with E-state index >= 15 is 0 Å². The number of nitrogens with zero attached hydrogens (tertiary/aromatic N) is 1. The lowest BCUT2D eigenvalue weighted by Crippen LogP contribution is -2.44. The lowest BCUT2D eigenvalue weighted by atomic mass is 9.93. The van der Waals surface area contributed by atoms with E-state index in [0.29, 0.717) is 28.7 Å². The summed E-state index contributed by atoms with van der Waals surface area (Å²) in [4.78, 5) is 14.2. The Bertz CT molecular complexity index is 400. The van der Waals surface area contributed by atoms with Crippen molar-refractivity contribution in [2.24, 2.45) is 5.92 Å². The highest BCUT2D eigenvalue weighted by Crippen LogP contribution is 2.19. The zero-order chi connectivity index (χ0) is 14.4. The number of carbonyl (C=O) groups excluding carboxylic acids is 1. The highest BCUT2D eigenvalue weighted by molar-refractivity contribution is 9.10. The maximum Gasteiger partial charge on any atom is 0.255 e. The third kappa shape index (κ3) is 4.35. The summed E-state index contributed by atoms with van der Waals surface area (Å²) in [5.41, 5.74) is 0.544. The van der Waals surface area contributed by atoms with Crippen LogP contribution in [0.2, 0.25) is 0 Å². The van der Waals surface area contributed by atoms with Gasteiger partial charge in [-0.3, -0.25) is 4.79 Å². The van der Waals surface area contributed by atoms with Crippen LogP contribution < -0.4 is 5.32 Å². The Morgan fingerprint density at radius 1 is 1.42 bits per heavy atom. The van der Waals surface area contributed by atoms with E-state index < -0.39 is 0 Å². The van der Waals surface area contributed by atoms with Crippen molar-refractivity contribution in [3.63, 3.8) is 0 Å². The molecule has 0 fully saturated rings. The molecule has 0 aliphatic rings. The number of hydrogen-bond acceptors (Lipinski definition) is 3. The van der Waals surface area contributed by atoms with Crippen molar-refractivity contribution in [1.29, 1.82) is 0 Å². The monoisotopic (exact) mass is 330 g/mol. The molecule has 0 aliphatic carbocycles. The Morgan fingerprint density at radius 3 is 2.47 bits per heavy atom. The quantitative estimate of drug-likeness (QED) is 0.835. The Morgan fingerprint density at radius 2 is 2.05 bits per heavy atom. The molecule has 19 heavy (non-hydrogen) atoms. The minimum absolute atomic E-state index is 0.0987. The maximum absolute atomic E-state index is 12.0. The van der Waals surface area contributed by atoms with Gasteiger partial charge in [-0.2, -0.15) is 0 Å². The van der Waals surface area contributed by atoms with Crippen LogP contribution in [0.15, 0.2) is 21.4 Å². The van der Waals surface area contributed by atoms with Crippen LogP contribution in [-0.4, -0.2) is 37.5 Å². The molecule has 0 radical (unpaired) electrons. The molecule has 0 aliphatic heterocycles. The molecule has 0 bridgehead atoms. The van der Waals surface area contributed by atoms with Gasteiger partial charge in [-0.05, 0) is 42.0 Å². The van der Waals surface area contributed by atoms with E-state index in [2.05, 4.69) is 54.1 Å². The zero-order valence-corrected chi connectivity index (χ0v) is 13.7. The summed E-state index contributed by atoms with van der Waals surface area (Å²) in [7, 11) is 4.12. The van der Waals surface area contributed by atoms with Gasteiger partial charge in [0.05, 0.1) is 11.8 Å². The standard InChI is InChI=1S/C14H23BrN2O2/c1-5-10(6-2)12(17(3)4)9-16-14(18)11-7-8-19-13(11)15/h7-8,10,12H,5-6,9H2,1-4H3,(H,16,18). The molecule has 4 nitrogen and oxygen atoms in total. The SMILES string of the molecule is CCC(CC)C(CNC(=O)c1ccoc1Br)N(C)C. The molecule has 108 valence electrons. The summed E-state index contributed by atoms with van der Waals surface area (Å²) in [6.07, 6.45) is 3.73. The average molecular weight is 331 g/mol. The first-order chi connectivity index (χ1) is 9.01. The number of halogens is 1. The number of likely N-dealkylation sites (N-methyl/N-ethyl adjacent to an activating group) is 1. The molecule has 1 amide bonds. The lowest BCUT2D eigenvalue weighted by Gasteiger charge is -2.31. The van der Waals surface area contributed by atoms with Crippen molar-refractivity contribution < 1.29 is 9.21 Å². The van der Waals surface area contributed by atoms with E-state index in [1.165, 1.54) is 6.26 Å². The molecule has 1 heterocycles. The van der Waals surface area contributed by atoms with Crippen LogP contribution >= 0.6 is 15.9 Å². The largest absolute Gasteiger partial charge is 0.457 e. The molecular formula is C14H23BrN2O2. The van der Waals surface area contributed by atoms with E-state index in [-0.39, 0.29) is 5.91 Å². The molecule has 1 aromatic heterocycles. The summed E-state index contributed by atoms with van der Waals surface area (Å²) < 4.78 is 5.56. The van der Waals surface area contributed by atoms with Gasteiger partial charge in [0.25, 0.3) is 5.91 Å². The fraction of sp³-hybridized carbons (Fsp3) is 0.643. The molecule has 1 aromatic rings. The third-order valence-corrected chi connectivity index (χ3v) is 4.20. The summed E-state index contributed by atoms with van der Waals surface area (Å²) in [5, 5.41) is 2.99. The van der Waals surface area contributed by atoms with Gasteiger partial charge >= 0.3 is 0 Å². The van der Waals surface area contributed by atoms with Gasteiger partial charge in [-0.15, -0.1) is 0 Å². The topological polar surface area (TPSA) is 45.5 Å². The Balaban J connectivity index is 2.62. The second kappa shape index (κ2) is 7.70. The number of nitrogens with one attached hydrogen (secondary N) is 1. The van der Waals surface area contributed by atoms with Gasteiger partial charge in [0.2, 0.25) is 0 Å². The van der Waals surface area contributed by atoms with Gasteiger partial charge in [0.15, 0.2) is 4.67 Å². The van der Waals surface area contributed by atoms with Crippen LogP contribution in [0.5, 0.6) is 0 Å².